The fraction of sp³-hybridized carbons (Fsp3) is 0.500. The molecule has 1 aromatic heterocycles. The fourth-order valence-corrected chi connectivity index (χ4v) is 1.48. The van der Waals surface area contributed by atoms with Gasteiger partial charge >= 0.3 is 0 Å². The third-order valence-corrected chi connectivity index (χ3v) is 2.51. The number of aromatic nitrogens is 2. The van der Waals surface area contributed by atoms with E-state index in [9.17, 15) is 4.79 Å². The van der Waals surface area contributed by atoms with E-state index < -0.39 is 0 Å². The van der Waals surface area contributed by atoms with Crippen molar-refractivity contribution in [1.82, 2.24) is 9.97 Å². The van der Waals surface area contributed by atoms with E-state index in [0.717, 1.165) is 0 Å². The lowest BCUT2D eigenvalue weighted by Crippen LogP contribution is -2.10. The van der Waals surface area contributed by atoms with E-state index in [2.05, 4.69) is 9.97 Å². The molecule has 3 atom stereocenters. The summed E-state index contributed by atoms with van der Waals surface area (Å²) in [5, 5.41) is 0. The van der Waals surface area contributed by atoms with Gasteiger partial charge in [0.15, 0.2) is 5.78 Å². The molecule has 1 unspecified atom stereocenters. The van der Waals surface area contributed by atoms with E-state index >= 15 is 0 Å². The van der Waals surface area contributed by atoms with Crippen LogP contribution in [-0.4, -0.2) is 21.8 Å². The van der Waals surface area contributed by atoms with Gasteiger partial charge in [0.2, 0.25) is 0 Å². The number of hydrogen-bond donors (Lipinski definition) is 2. The molecule has 6 heteroatoms. The molecular weight excluding hydrogens is 225 g/mol. The molecule has 0 spiro atoms. The zero-order valence-corrected chi connectivity index (χ0v) is 9.27. The predicted molar refractivity (Wildman–Crippen MR) is 58.0 cm³/mol. The Morgan fingerprint density at radius 2 is 2.14 bits per heavy atom. The van der Waals surface area contributed by atoms with Crippen molar-refractivity contribution in [2.24, 2.45) is 17.6 Å². The van der Waals surface area contributed by atoms with Gasteiger partial charge in [0, 0.05) is 12.0 Å². The molecule has 0 amide bonds. The number of aromatic amines is 1. The van der Waals surface area contributed by atoms with Gasteiger partial charge in [0.1, 0.15) is 5.69 Å². The summed E-state index contributed by atoms with van der Waals surface area (Å²) in [6, 6.07) is 0.0424. The Morgan fingerprint density at radius 1 is 1.57 bits per heavy atom. The van der Waals surface area contributed by atoms with Gasteiger partial charge in [-0.1, -0.05) is 6.92 Å². The average molecular weight is 238 g/mol. The number of rotatable bonds is 2. The Hall–Kier alpha value is -0.580. The van der Waals surface area contributed by atoms with Crippen LogP contribution in [0, 0.1) is 11.8 Å². The molecule has 0 aliphatic heterocycles. The standard InChI is InChI=1S/C8H11N3O.2ClH/c1-4-6(7(4)9)8(12)5-2-10-3-11-5;;/h2-4,6-7H,9H2,1H3,(H,10,11);2*1H/t4-,6-,7?;;/m1../s1. The molecule has 1 saturated carbocycles. The smallest absolute Gasteiger partial charge is 0.185 e. The number of halogens is 2. The topological polar surface area (TPSA) is 71.8 Å². The van der Waals surface area contributed by atoms with Crippen molar-refractivity contribution >= 4 is 30.6 Å². The van der Waals surface area contributed by atoms with Gasteiger partial charge in [-0.15, -0.1) is 24.8 Å². The third-order valence-electron chi connectivity index (χ3n) is 2.51. The summed E-state index contributed by atoms with van der Waals surface area (Å²) in [5.74, 6) is 0.416. The summed E-state index contributed by atoms with van der Waals surface area (Å²) < 4.78 is 0. The molecule has 80 valence electrons. The van der Waals surface area contributed by atoms with Crippen LogP contribution in [0.25, 0.3) is 0 Å². The molecule has 2 rings (SSSR count). The van der Waals surface area contributed by atoms with Crippen molar-refractivity contribution in [3.05, 3.63) is 18.2 Å². The van der Waals surface area contributed by atoms with Crippen molar-refractivity contribution in [2.45, 2.75) is 13.0 Å². The molecule has 1 heterocycles. The summed E-state index contributed by atoms with van der Waals surface area (Å²) in [7, 11) is 0. The van der Waals surface area contributed by atoms with Crippen LogP contribution < -0.4 is 5.73 Å². The van der Waals surface area contributed by atoms with E-state index in [-0.39, 0.29) is 42.6 Å². The Kier molecular flexibility index (Phi) is 4.58. The quantitative estimate of drug-likeness (QED) is 0.756. The average Bonchev–Trinajstić information content (AvgIpc) is 2.60. The molecule has 3 N–H and O–H groups in total. The van der Waals surface area contributed by atoms with Crippen LogP contribution in [0.15, 0.2) is 12.5 Å². The minimum absolute atomic E-state index is 0. The molecule has 1 aromatic rings. The molecule has 14 heavy (non-hydrogen) atoms. The molecule has 0 bridgehead atoms. The van der Waals surface area contributed by atoms with Crippen LogP contribution in [0.2, 0.25) is 0 Å². The van der Waals surface area contributed by atoms with Crippen molar-refractivity contribution in [2.75, 3.05) is 0 Å². The van der Waals surface area contributed by atoms with E-state index in [1.54, 1.807) is 6.20 Å². The van der Waals surface area contributed by atoms with Gasteiger partial charge in [-0.05, 0) is 5.92 Å². The lowest BCUT2D eigenvalue weighted by atomic mass is 10.2. The maximum absolute atomic E-state index is 11.5. The third kappa shape index (κ3) is 2.08. The second kappa shape index (κ2) is 4.77. The number of nitrogens with zero attached hydrogens (tertiary/aromatic N) is 1. The second-order valence-electron chi connectivity index (χ2n) is 3.29. The maximum Gasteiger partial charge on any atom is 0.185 e. The monoisotopic (exact) mass is 237 g/mol. The van der Waals surface area contributed by atoms with Crippen LogP contribution in [0.4, 0.5) is 0 Å². The second-order valence-corrected chi connectivity index (χ2v) is 3.29. The summed E-state index contributed by atoms with van der Waals surface area (Å²) >= 11 is 0. The molecule has 1 fully saturated rings. The van der Waals surface area contributed by atoms with E-state index in [0.29, 0.717) is 11.6 Å². The van der Waals surface area contributed by atoms with Crippen molar-refractivity contribution in [3.63, 3.8) is 0 Å². The highest BCUT2D eigenvalue weighted by atomic mass is 35.5. The molecule has 1 aliphatic carbocycles. The lowest BCUT2D eigenvalue weighted by Gasteiger charge is -1.92. The number of imidazole rings is 1. The summed E-state index contributed by atoms with van der Waals surface area (Å²) in [5.41, 5.74) is 6.23. The number of nitrogens with two attached hydrogens (primary N) is 1. The van der Waals surface area contributed by atoms with Crippen molar-refractivity contribution in [3.8, 4) is 0 Å². The van der Waals surface area contributed by atoms with E-state index in [4.69, 9.17) is 5.73 Å². The molecule has 0 aromatic carbocycles. The number of ketones is 1. The van der Waals surface area contributed by atoms with Crippen molar-refractivity contribution in [1.29, 1.82) is 0 Å². The summed E-state index contributed by atoms with van der Waals surface area (Å²) in [6.45, 7) is 1.99. The van der Waals surface area contributed by atoms with Gasteiger partial charge in [-0.2, -0.15) is 0 Å². The number of carbonyl (C=O) groups is 1. The highest BCUT2D eigenvalue weighted by Gasteiger charge is 2.49. The predicted octanol–water partition coefficient (Wildman–Crippen LogP) is 1.03. The first kappa shape index (κ1) is 13.4. The Labute approximate surface area is 94.5 Å². The number of nitrogens with one attached hydrogen (secondary N) is 1. The minimum atomic E-state index is 0. The van der Waals surface area contributed by atoms with Gasteiger partial charge in [0.05, 0.1) is 12.5 Å². The Balaban J connectivity index is 0.000000845. The van der Waals surface area contributed by atoms with Gasteiger partial charge in [0.25, 0.3) is 0 Å². The highest BCUT2D eigenvalue weighted by Crippen LogP contribution is 2.38. The summed E-state index contributed by atoms with van der Waals surface area (Å²) in [6.07, 6.45) is 3.05. The van der Waals surface area contributed by atoms with Crippen LogP contribution in [0.3, 0.4) is 0 Å². The van der Waals surface area contributed by atoms with E-state index in [1.807, 2.05) is 6.92 Å². The zero-order chi connectivity index (χ0) is 8.72. The molecule has 0 saturated heterocycles. The summed E-state index contributed by atoms with van der Waals surface area (Å²) in [4.78, 5) is 18.1. The van der Waals surface area contributed by atoms with Gasteiger partial charge < -0.3 is 10.7 Å². The zero-order valence-electron chi connectivity index (χ0n) is 7.64. The number of hydrogen-bond acceptors (Lipinski definition) is 3. The molecule has 4 nitrogen and oxygen atoms in total. The Morgan fingerprint density at radius 3 is 2.50 bits per heavy atom. The SMILES string of the molecule is C[C@H]1C(N)[C@@H]1C(=O)c1cnc[nH]1.Cl.Cl. The number of carbonyl (C=O) groups excluding carboxylic acids is 1. The fourth-order valence-electron chi connectivity index (χ4n) is 1.48. The van der Waals surface area contributed by atoms with E-state index in [1.165, 1.54) is 6.33 Å². The van der Waals surface area contributed by atoms with Crippen LogP contribution in [-0.2, 0) is 0 Å². The van der Waals surface area contributed by atoms with Gasteiger partial charge in [-0.3, -0.25) is 4.79 Å². The van der Waals surface area contributed by atoms with Crippen LogP contribution in [0.5, 0.6) is 0 Å². The van der Waals surface area contributed by atoms with Crippen molar-refractivity contribution < 1.29 is 4.79 Å². The minimum Gasteiger partial charge on any atom is -0.342 e. The largest absolute Gasteiger partial charge is 0.342 e. The van der Waals surface area contributed by atoms with Crippen LogP contribution >= 0.6 is 24.8 Å². The molecule has 0 radical (unpaired) electrons. The normalized spacial score (nSPS) is 28.6. The number of Topliss-reactive ketones (excluding diaryl/α,β-unsaturated/α-hetero) is 1. The first-order valence-corrected chi connectivity index (χ1v) is 4.00. The molecular formula is C8H13Cl2N3O. The maximum atomic E-state index is 11.5. The van der Waals surface area contributed by atoms with Gasteiger partial charge in [-0.25, -0.2) is 4.98 Å². The van der Waals surface area contributed by atoms with Crippen LogP contribution in [0.1, 0.15) is 17.4 Å². The first-order valence-electron chi connectivity index (χ1n) is 4.00. The number of H-pyrrole nitrogens is 1. The molecule has 1 aliphatic rings. The lowest BCUT2D eigenvalue weighted by molar-refractivity contribution is 0.0956. The Bertz CT molecular complexity index is 294. The highest BCUT2D eigenvalue weighted by molar-refractivity contribution is 5.98. The first-order chi connectivity index (χ1) is 5.72.